The van der Waals surface area contributed by atoms with Gasteiger partial charge in [-0.05, 0) is 49.4 Å². The van der Waals surface area contributed by atoms with Gasteiger partial charge >= 0.3 is 5.97 Å². The zero-order chi connectivity index (χ0) is 18.9. The number of hydrogen-bond donors (Lipinski definition) is 1. The summed E-state index contributed by atoms with van der Waals surface area (Å²) < 4.78 is 28.7. The Labute approximate surface area is 150 Å². The Kier molecular flexibility index (Phi) is 6.96. The number of nitrogens with one attached hydrogen (secondary N) is 1. The van der Waals surface area contributed by atoms with Crippen molar-refractivity contribution in [3.63, 3.8) is 0 Å². The monoisotopic (exact) mass is 361 g/mol. The third-order valence-corrected chi connectivity index (χ3v) is 3.45. The van der Waals surface area contributed by atoms with E-state index in [0.717, 1.165) is 0 Å². The average molecular weight is 361 g/mol. The third kappa shape index (κ3) is 5.47. The highest BCUT2D eigenvalue weighted by atomic mass is 19.1. The minimum Gasteiger partial charge on any atom is -0.496 e. The minimum absolute atomic E-state index is 0.154. The van der Waals surface area contributed by atoms with Crippen LogP contribution in [0.25, 0.3) is 0 Å². The summed E-state index contributed by atoms with van der Waals surface area (Å²) in [5, 5.41) is 2.47. The summed E-state index contributed by atoms with van der Waals surface area (Å²) in [6, 6.07) is 10.5. The summed E-state index contributed by atoms with van der Waals surface area (Å²) in [5.74, 6) is -0.435. The number of benzene rings is 2. The molecule has 0 radical (unpaired) electrons. The van der Waals surface area contributed by atoms with Crippen LogP contribution < -0.4 is 14.8 Å². The van der Waals surface area contributed by atoms with Crippen molar-refractivity contribution in [3.8, 4) is 11.5 Å². The van der Waals surface area contributed by atoms with E-state index in [4.69, 9.17) is 14.2 Å². The van der Waals surface area contributed by atoms with E-state index in [2.05, 4.69) is 5.32 Å². The van der Waals surface area contributed by atoms with Crippen LogP contribution in [0.5, 0.6) is 11.5 Å². The van der Waals surface area contributed by atoms with E-state index in [1.165, 1.54) is 25.3 Å². The quantitative estimate of drug-likeness (QED) is 0.732. The SMILES string of the molecule is CCOc1ccc(C(=O)NCC(=O)OCc2cc(F)ccc2OC)cc1. The van der Waals surface area contributed by atoms with Crippen molar-refractivity contribution in [2.24, 2.45) is 0 Å². The fourth-order valence-electron chi connectivity index (χ4n) is 2.19. The molecule has 0 bridgehead atoms. The molecule has 2 aromatic carbocycles. The van der Waals surface area contributed by atoms with Gasteiger partial charge in [0.25, 0.3) is 5.91 Å². The smallest absolute Gasteiger partial charge is 0.325 e. The van der Waals surface area contributed by atoms with Crippen molar-refractivity contribution < 1.29 is 28.2 Å². The number of ether oxygens (including phenoxy) is 3. The summed E-state index contributed by atoms with van der Waals surface area (Å²) in [4.78, 5) is 23.8. The van der Waals surface area contributed by atoms with Gasteiger partial charge < -0.3 is 19.5 Å². The molecule has 1 amide bonds. The first-order valence-electron chi connectivity index (χ1n) is 8.02. The Morgan fingerprint density at radius 1 is 1.12 bits per heavy atom. The number of carbonyl (C=O) groups is 2. The summed E-state index contributed by atoms with van der Waals surface area (Å²) in [5.41, 5.74) is 0.798. The van der Waals surface area contributed by atoms with Crippen LogP contribution in [0.15, 0.2) is 42.5 Å². The zero-order valence-electron chi connectivity index (χ0n) is 14.6. The van der Waals surface area contributed by atoms with Crippen LogP contribution in [0.3, 0.4) is 0 Å². The Morgan fingerprint density at radius 2 is 1.85 bits per heavy atom. The second-order valence-corrected chi connectivity index (χ2v) is 5.26. The number of rotatable bonds is 8. The molecule has 0 aliphatic carbocycles. The lowest BCUT2D eigenvalue weighted by atomic mass is 10.2. The zero-order valence-corrected chi connectivity index (χ0v) is 14.6. The molecule has 0 aromatic heterocycles. The van der Waals surface area contributed by atoms with Gasteiger partial charge in [0.1, 0.15) is 30.5 Å². The molecule has 0 unspecified atom stereocenters. The van der Waals surface area contributed by atoms with Gasteiger partial charge in [0.15, 0.2) is 0 Å². The highest BCUT2D eigenvalue weighted by Gasteiger charge is 2.11. The molecule has 138 valence electrons. The summed E-state index contributed by atoms with van der Waals surface area (Å²) in [6.45, 7) is 1.95. The van der Waals surface area contributed by atoms with Gasteiger partial charge in [-0.25, -0.2) is 4.39 Å². The van der Waals surface area contributed by atoms with Crippen LogP contribution in [-0.4, -0.2) is 32.1 Å². The fourth-order valence-corrected chi connectivity index (χ4v) is 2.19. The molecule has 2 rings (SSSR count). The van der Waals surface area contributed by atoms with Gasteiger partial charge in [-0.2, -0.15) is 0 Å². The van der Waals surface area contributed by atoms with Gasteiger partial charge in [-0.15, -0.1) is 0 Å². The number of halogens is 1. The summed E-state index contributed by atoms with van der Waals surface area (Å²) in [6.07, 6.45) is 0. The molecule has 0 spiro atoms. The first kappa shape index (κ1) is 19.2. The maximum Gasteiger partial charge on any atom is 0.325 e. The third-order valence-electron chi connectivity index (χ3n) is 3.45. The predicted molar refractivity (Wildman–Crippen MR) is 92.7 cm³/mol. The Bertz CT molecular complexity index is 761. The fraction of sp³-hybridized carbons (Fsp3) is 0.263. The van der Waals surface area contributed by atoms with E-state index >= 15 is 0 Å². The van der Waals surface area contributed by atoms with Crippen LogP contribution >= 0.6 is 0 Å². The maximum atomic E-state index is 13.3. The van der Waals surface area contributed by atoms with Crippen LogP contribution in [0.2, 0.25) is 0 Å². The number of hydrogen-bond acceptors (Lipinski definition) is 5. The van der Waals surface area contributed by atoms with Gasteiger partial charge in [-0.1, -0.05) is 0 Å². The lowest BCUT2D eigenvalue weighted by Gasteiger charge is -2.10. The van der Waals surface area contributed by atoms with Gasteiger partial charge in [-0.3, -0.25) is 9.59 Å². The van der Waals surface area contributed by atoms with Gasteiger partial charge in [0.2, 0.25) is 0 Å². The van der Waals surface area contributed by atoms with Crippen LogP contribution in [0, 0.1) is 5.82 Å². The summed E-state index contributed by atoms with van der Waals surface area (Å²) in [7, 11) is 1.44. The van der Waals surface area contributed by atoms with Crippen molar-refractivity contribution in [2.75, 3.05) is 20.3 Å². The van der Waals surface area contributed by atoms with E-state index in [-0.39, 0.29) is 13.2 Å². The van der Waals surface area contributed by atoms with E-state index < -0.39 is 17.7 Å². The molecule has 2 aromatic rings. The second kappa shape index (κ2) is 9.41. The second-order valence-electron chi connectivity index (χ2n) is 5.26. The molecular formula is C19H20FNO5. The van der Waals surface area contributed by atoms with Gasteiger partial charge in [0.05, 0.1) is 13.7 Å². The molecule has 0 saturated carbocycles. The molecule has 0 aliphatic heterocycles. The maximum absolute atomic E-state index is 13.3. The van der Waals surface area contributed by atoms with Crippen molar-refractivity contribution >= 4 is 11.9 Å². The largest absolute Gasteiger partial charge is 0.496 e. The van der Waals surface area contributed by atoms with Crippen molar-refractivity contribution in [1.29, 1.82) is 0 Å². The molecular weight excluding hydrogens is 341 g/mol. The van der Waals surface area contributed by atoms with E-state index in [1.807, 2.05) is 6.92 Å². The molecule has 6 nitrogen and oxygen atoms in total. The first-order chi connectivity index (χ1) is 12.5. The highest BCUT2D eigenvalue weighted by Crippen LogP contribution is 2.20. The molecule has 7 heteroatoms. The van der Waals surface area contributed by atoms with Gasteiger partial charge in [0, 0.05) is 11.1 Å². The molecule has 1 N–H and O–H groups in total. The van der Waals surface area contributed by atoms with E-state index in [1.54, 1.807) is 24.3 Å². The van der Waals surface area contributed by atoms with E-state index in [0.29, 0.717) is 29.2 Å². The Hall–Kier alpha value is -3.09. The van der Waals surface area contributed by atoms with Crippen LogP contribution in [0.4, 0.5) is 4.39 Å². The number of methoxy groups -OCH3 is 1. The topological polar surface area (TPSA) is 73.9 Å². The molecule has 0 fully saturated rings. The van der Waals surface area contributed by atoms with Crippen LogP contribution in [-0.2, 0) is 16.1 Å². The minimum atomic E-state index is -0.643. The molecule has 26 heavy (non-hydrogen) atoms. The molecule has 0 saturated heterocycles. The molecule has 0 aliphatic rings. The molecule has 0 heterocycles. The van der Waals surface area contributed by atoms with Crippen molar-refractivity contribution in [1.82, 2.24) is 5.32 Å². The van der Waals surface area contributed by atoms with Crippen molar-refractivity contribution in [2.45, 2.75) is 13.5 Å². The van der Waals surface area contributed by atoms with Crippen molar-refractivity contribution in [3.05, 3.63) is 59.4 Å². The lowest BCUT2D eigenvalue weighted by molar-refractivity contribution is -0.143. The number of carbonyl (C=O) groups excluding carboxylic acids is 2. The Morgan fingerprint density at radius 3 is 2.50 bits per heavy atom. The first-order valence-corrected chi connectivity index (χ1v) is 8.02. The number of esters is 1. The standard InChI is InChI=1S/C19H20FNO5/c1-3-25-16-7-4-13(5-8-16)19(23)21-11-18(22)26-12-14-10-15(20)6-9-17(14)24-2/h4-10H,3,11-12H2,1-2H3,(H,21,23). The molecule has 0 atom stereocenters. The average Bonchev–Trinajstić information content (AvgIpc) is 2.65. The van der Waals surface area contributed by atoms with E-state index in [9.17, 15) is 14.0 Å². The van der Waals surface area contributed by atoms with Crippen LogP contribution in [0.1, 0.15) is 22.8 Å². The highest BCUT2D eigenvalue weighted by molar-refractivity contribution is 5.96. The lowest BCUT2D eigenvalue weighted by Crippen LogP contribution is -2.30. The Balaban J connectivity index is 1.83. The summed E-state index contributed by atoms with van der Waals surface area (Å²) >= 11 is 0. The number of amides is 1. The predicted octanol–water partition coefficient (Wildman–Crippen LogP) is 2.71. The normalized spacial score (nSPS) is 10.1.